The fourth-order valence-electron chi connectivity index (χ4n) is 2.91. The first-order chi connectivity index (χ1) is 10.9. The Labute approximate surface area is 132 Å². The summed E-state index contributed by atoms with van der Waals surface area (Å²) >= 11 is 0. The molecule has 0 saturated heterocycles. The van der Waals surface area contributed by atoms with Gasteiger partial charge in [0.2, 0.25) is 0 Å². The first-order valence-electron chi connectivity index (χ1n) is 8.08. The highest BCUT2D eigenvalue weighted by Crippen LogP contribution is 2.10. The Bertz CT molecular complexity index is 571. The Hall–Kier alpha value is -1.84. The van der Waals surface area contributed by atoms with Crippen molar-refractivity contribution in [2.75, 3.05) is 32.9 Å². The van der Waals surface area contributed by atoms with E-state index < -0.39 is 0 Å². The number of hydrogen-bond acceptors (Lipinski definition) is 2. The highest BCUT2D eigenvalue weighted by atomic mass is 16.5. The first kappa shape index (κ1) is 15.1. The summed E-state index contributed by atoms with van der Waals surface area (Å²) in [5.41, 5.74) is 3.01. The van der Waals surface area contributed by atoms with Crippen molar-refractivity contribution < 1.29 is 14.4 Å². The Balaban J connectivity index is 1.30. The predicted molar refractivity (Wildman–Crippen MR) is 87.3 cm³/mol. The SMILES string of the molecule is c1ccc(OCCOCC[NH+]2CCc3ccccc3C2)cc1. The second-order valence-corrected chi connectivity index (χ2v) is 5.72. The smallest absolute Gasteiger partial charge is 0.119 e. The zero-order chi connectivity index (χ0) is 15.0. The van der Waals surface area contributed by atoms with E-state index in [9.17, 15) is 0 Å². The third-order valence-electron chi connectivity index (χ3n) is 4.15. The van der Waals surface area contributed by atoms with Gasteiger partial charge in [-0.2, -0.15) is 0 Å². The van der Waals surface area contributed by atoms with Gasteiger partial charge in [0.05, 0.1) is 19.8 Å². The minimum atomic E-state index is 0.613. The van der Waals surface area contributed by atoms with Crippen LogP contribution in [0.3, 0.4) is 0 Å². The van der Waals surface area contributed by atoms with Crippen molar-refractivity contribution in [3.05, 3.63) is 65.7 Å². The molecule has 1 unspecified atom stereocenters. The molecule has 1 aliphatic heterocycles. The zero-order valence-corrected chi connectivity index (χ0v) is 13.0. The van der Waals surface area contributed by atoms with Crippen LogP contribution in [0.15, 0.2) is 54.6 Å². The third-order valence-corrected chi connectivity index (χ3v) is 4.15. The van der Waals surface area contributed by atoms with Crippen molar-refractivity contribution in [2.24, 2.45) is 0 Å². The van der Waals surface area contributed by atoms with Crippen molar-refractivity contribution in [1.29, 1.82) is 0 Å². The average Bonchev–Trinajstić information content (AvgIpc) is 2.59. The summed E-state index contributed by atoms with van der Waals surface area (Å²) in [7, 11) is 0. The number of quaternary nitrogens is 1. The number of rotatable bonds is 7. The molecule has 0 aromatic heterocycles. The van der Waals surface area contributed by atoms with Gasteiger partial charge in [-0.15, -0.1) is 0 Å². The Morgan fingerprint density at radius 1 is 0.818 bits per heavy atom. The van der Waals surface area contributed by atoms with E-state index in [2.05, 4.69) is 24.3 Å². The van der Waals surface area contributed by atoms with Gasteiger partial charge >= 0.3 is 0 Å². The van der Waals surface area contributed by atoms with Gasteiger partial charge in [0.15, 0.2) is 0 Å². The van der Waals surface area contributed by atoms with Crippen LogP contribution in [0.1, 0.15) is 11.1 Å². The molecule has 0 bridgehead atoms. The maximum Gasteiger partial charge on any atom is 0.119 e. The molecule has 1 aliphatic rings. The molecule has 3 rings (SSSR count). The molecule has 3 heteroatoms. The summed E-state index contributed by atoms with van der Waals surface area (Å²) in [6, 6.07) is 18.7. The molecule has 0 aliphatic carbocycles. The van der Waals surface area contributed by atoms with E-state index in [-0.39, 0.29) is 0 Å². The van der Waals surface area contributed by atoms with Crippen molar-refractivity contribution in [2.45, 2.75) is 13.0 Å². The Morgan fingerprint density at radius 3 is 2.45 bits per heavy atom. The van der Waals surface area contributed by atoms with E-state index in [1.807, 2.05) is 30.3 Å². The molecule has 1 heterocycles. The highest BCUT2D eigenvalue weighted by Gasteiger charge is 2.18. The van der Waals surface area contributed by atoms with E-state index in [0.717, 1.165) is 25.4 Å². The van der Waals surface area contributed by atoms with E-state index in [1.165, 1.54) is 24.1 Å². The second kappa shape index (κ2) is 7.97. The minimum Gasteiger partial charge on any atom is -0.491 e. The van der Waals surface area contributed by atoms with Gasteiger partial charge in [-0.1, -0.05) is 42.5 Å². The average molecular weight is 298 g/mol. The molecule has 0 saturated carbocycles. The van der Waals surface area contributed by atoms with Gasteiger partial charge < -0.3 is 14.4 Å². The number of ether oxygens (including phenoxy) is 2. The van der Waals surface area contributed by atoms with Gasteiger partial charge in [-0.25, -0.2) is 0 Å². The fraction of sp³-hybridized carbons (Fsp3) is 0.368. The van der Waals surface area contributed by atoms with Crippen LogP contribution in [0.2, 0.25) is 0 Å². The first-order valence-corrected chi connectivity index (χ1v) is 8.08. The summed E-state index contributed by atoms with van der Waals surface area (Å²) in [6.07, 6.45) is 1.18. The highest BCUT2D eigenvalue weighted by molar-refractivity contribution is 5.27. The molecular weight excluding hydrogens is 274 g/mol. The molecule has 0 radical (unpaired) electrons. The Kier molecular flexibility index (Phi) is 5.46. The summed E-state index contributed by atoms with van der Waals surface area (Å²) < 4.78 is 11.3. The van der Waals surface area contributed by atoms with E-state index in [4.69, 9.17) is 9.47 Å². The molecular formula is C19H24NO2+. The van der Waals surface area contributed by atoms with Crippen molar-refractivity contribution >= 4 is 0 Å². The number of fused-ring (bicyclic) bond motifs is 1. The van der Waals surface area contributed by atoms with Crippen molar-refractivity contribution in [1.82, 2.24) is 0 Å². The molecule has 0 amide bonds. The van der Waals surface area contributed by atoms with Crippen molar-refractivity contribution in [3.8, 4) is 5.75 Å². The quantitative estimate of drug-likeness (QED) is 0.787. The zero-order valence-electron chi connectivity index (χ0n) is 13.0. The van der Waals surface area contributed by atoms with Gasteiger partial charge in [0.25, 0.3) is 0 Å². The lowest BCUT2D eigenvalue weighted by Crippen LogP contribution is -3.12. The molecule has 3 nitrogen and oxygen atoms in total. The van der Waals surface area contributed by atoms with Gasteiger partial charge in [0.1, 0.15) is 25.4 Å². The molecule has 2 aromatic carbocycles. The van der Waals surface area contributed by atoms with Gasteiger partial charge in [0, 0.05) is 12.0 Å². The van der Waals surface area contributed by atoms with Crippen LogP contribution in [-0.2, 0) is 17.7 Å². The van der Waals surface area contributed by atoms with Crippen LogP contribution in [0.25, 0.3) is 0 Å². The molecule has 0 fully saturated rings. The van der Waals surface area contributed by atoms with Gasteiger partial charge in [-0.05, 0) is 17.7 Å². The normalized spacial score (nSPS) is 17.0. The van der Waals surface area contributed by atoms with Crippen molar-refractivity contribution in [3.63, 3.8) is 0 Å². The molecule has 22 heavy (non-hydrogen) atoms. The number of hydrogen-bond donors (Lipinski definition) is 1. The van der Waals surface area contributed by atoms with E-state index in [0.29, 0.717) is 13.2 Å². The van der Waals surface area contributed by atoms with E-state index >= 15 is 0 Å². The molecule has 1 atom stereocenters. The maximum absolute atomic E-state index is 5.70. The molecule has 116 valence electrons. The summed E-state index contributed by atoms with van der Waals surface area (Å²) in [4.78, 5) is 1.61. The minimum absolute atomic E-state index is 0.613. The number of para-hydroxylation sites is 1. The predicted octanol–water partition coefficient (Wildman–Crippen LogP) is 1.72. The standard InChI is InChI=1S/C19H23NO2/c1-2-8-19(9-3-1)22-15-14-21-13-12-20-11-10-17-6-4-5-7-18(17)16-20/h1-9H,10-16H2/p+1. The van der Waals surface area contributed by atoms with Crippen LogP contribution < -0.4 is 9.64 Å². The van der Waals surface area contributed by atoms with Crippen LogP contribution in [0.5, 0.6) is 5.75 Å². The lowest BCUT2D eigenvalue weighted by atomic mass is 10.0. The maximum atomic E-state index is 5.70. The lowest BCUT2D eigenvalue weighted by Gasteiger charge is -2.25. The summed E-state index contributed by atoms with van der Waals surface area (Å²) in [6.45, 7) is 5.47. The van der Waals surface area contributed by atoms with Crippen LogP contribution in [0.4, 0.5) is 0 Å². The summed E-state index contributed by atoms with van der Waals surface area (Å²) in [5.74, 6) is 0.907. The second-order valence-electron chi connectivity index (χ2n) is 5.72. The largest absolute Gasteiger partial charge is 0.491 e. The Morgan fingerprint density at radius 2 is 1.59 bits per heavy atom. The number of nitrogens with one attached hydrogen (secondary N) is 1. The molecule has 0 spiro atoms. The van der Waals surface area contributed by atoms with Crippen LogP contribution in [-0.4, -0.2) is 32.9 Å². The molecule has 1 N–H and O–H groups in total. The van der Waals surface area contributed by atoms with Crippen LogP contribution >= 0.6 is 0 Å². The summed E-state index contributed by atoms with van der Waals surface area (Å²) in [5, 5.41) is 0. The van der Waals surface area contributed by atoms with E-state index in [1.54, 1.807) is 4.90 Å². The number of benzene rings is 2. The fourth-order valence-corrected chi connectivity index (χ4v) is 2.91. The van der Waals surface area contributed by atoms with Gasteiger partial charge in [-0.3, -0.25) is 0 Å². The topological polar surface area (TPSA) is 22.9 Å². The lowest BCUT2D eigenvalue weighted by molar-refractivity contribution is -0.916. The molecule has 2 aromatic rings. The van der Waals surface area contributed by atoms with Crippen LogP contribution in [0, 0.1) is 0 Å². The third kappa shape index (κ3) is 4.33. The monoisotopic (exact) mass is 298 g/mol.